The normalized spacial score (nSPS) is 14.3. The van der Waals surface area contributed by atoms with Crippen LogP contribution in [0.2, 0.25) is 0 Å². The molecular weight excluding hydrogens is 368 g/mol. The number of imide groups is 1. The van der Waals surface area contributed by atoms with Crippen molar-refractivity contribution in [2.24, 2.45) is 0 Å². The molecule has 1 aliphatic heterocycles. The average Bonchev–Trinajstić information content (AvgIpc) is 2.95. The molecule has 1 aromatic rings. The Kier molecular flexibility index (Phi) is 8.86. The third-order valence-corrected chi connectivity index (χ3v) is 5.37. The van der Waals surface area contributed by atoms with Gasteiger partial charge < -0.3 is 14.4 Å². The van der Waals surface area contributed by atoms with Gasteiger partial charge in [-0.2, -0.15) is 0 Å². The number of carbonyl (C=O) groups is 2. The molecule has 6 nitrogen and oxygen atoms in total. The summed E-state index contributed by atoms with van der Waals surface area (Å²) in [7, 11) is 3.26. The van der Waals surface area contributed by atoms with Crippen LogP contribution in [0.1, 0.15) is 42.9 Å². The van der Waals surface area contributed by atoms with Crippen molar-refractivity contribution in [1.82, 2.24) is 9.80 Å². The van der Waals surface area contributed by atoms with Gasteiger partial charge in [0.2, 0.25) is 0 Å². The lowest BCUT2D eigenvalue weighted by atomic mass is 9.99. The highest BCUT2D eigenvalue weighted by Gasteiger charge is 2.41. The maximum Gasteiger partial charge on any atom is 0.277 e. The first-order valence-electron chi connectivity index (χ1n) is 10.4. The standard InChI is InChI=1S/C23H34N2O4/c1-6-7-8-11-25-22(26)20(19-10-9-17(2)18(3)16-19)21(23(25)27)24(12-14-28-4)13-15-29-5/h9-10,16H,6-8,11-15H2,1-5H3. The number of hydrogen-bond donors (Lipinski definition) is 0. The first-order chi connectivity index (χ1) is 14.0. The van der Waals surface area contributed by atoms with Gasteiger partial charge in [-0.3, -0.25) is 14.5 Å². The van der Waals surface area contributed by atoms with Gasteiger partial charge >= 0.3 is 0 Å². The van der Waals surface area contributed by atoms with Gasteiger partial charge in [-0.05, 0) is 37.0 Å². The van der Waals surface area contributed by atoms with E-state index in [1.165, 1.54) is 4.90 Å². The highest BCUT2D eigenvalue weighted by atomic mass is 16.5. The maximum atomic E-state index is 13.3. The Labute approximate surface area is 174 Å². The van der Waals surface area contributed by atoms with Crippen LogP contribution in [0.5, 0.6) is 0 Å². The van der Waals surface area contributed by atoms with Gasteiger partial charge in [0.25, 0.3) is 11.8 Å². The molecule has 2 rings (SSSR count). The van der Waals surface area contributed by atoms with Crippen molar-refractivity contribution in [1.29, 1.82) is 0 Å². The summed E-state index contributed by atoms with van der Waals surface area (Å²) < 4.78 is 10.5. The highest BCUT2D eigenvalue weighted by molar-refractivity contribution is 6.35. The zero-order valence-electron chi connectivity index (χ0n) is 18.4. The summed E-state index contributed by atoms with van der Waals surface area (Å²) in [6, 6.07) is 5.93. The highest BCUT2D eigenvalue weighted by Crippen LogP contribution is 2.32. The number of hydrogen-bond acceptors (Lipinski definition) is 5. The molecule has 6 heteroatoms. The van der Waals surface area contributed by atoms with Crippen LogP contribution in [0, 0.1) is 13.8 Å². The Hall–Kier alpha value is -2.18. The maximum absolute atomic E-state index is 13.3. The zero-order valence-corrected chi connectivity index (χ0v) is 18.4. The molecule has 0 unspecified atom stereocenters. The van der Waals surface area contributed by atoms with Crippen LogP contribution in [-0.4, -0.2) is 68.7 Å². The van der Waals surface area contributed by atoms with Crippen LogP contribution < -0.4 is 0 Å². The number of rotatable bonds is 12. The molecule has 1 heterocycles. The molecule has 0 aliphatic carbocycles. The lowest BCUT2D eigenvalue weighted by Crippen LogP contribution is -2.38. The predicted molar refractivity (Wildman–Crippen MR) is 114 cm³/mol. The summed E-state index contributed by atoms with van der Waals surface area (Å²) in [5, 5.41) is 0. The summed E-state index contributed by atoms with van der Waals surface area (Å²) in [4.78, 5) is 30.0. The van der Waals surface area contributed by atoms with Crippen LogP contribution in [0.25, 0.3) is 5.57 Å². The minimum absolute atomic E-state index is 0.204. The molecule has 0 fully saturated rings. The first kappa shape index (κ1) is 23.1. The molecule has 0 radical (unpaired) electrons. The molecule has 0 N–H and O–H groups in total. The number of ether oxygens (including phenoxy) is 2. The first-order valence-corrected chi connectivity index (χ1v) is 10.4. The Bertz CT molecular complexity index is 749. The van der Waals surface area contributed by atoms with Crippen molar-refractivity contribution in [2.75, 3.05) is 47.1 Å². The Morgan fingerprint density at radius 3 is 2.14 bits per heavy atom. The number of unbranched alkanes of at least 4 members (excludes halogenated alkanes) is 2. The number of nitrogens with zero attached hydrogens (tertiary/aromatic N) is 2. The largest absolute Gasteiger partial charge is 0.383 e. The molecule has 29 heavy (non-hydrogen) atoms. The van der Waals surface area contributed by atoms with Crippen molar-refractivity contribution < 1.29 is 19.1 Å². The van der Waals surface area contributed by atoms with E-state index in [4.69, 9.17) is 9.47 Å². The SMILES string of the molecule is CCCCCN1C(=O)C(c2ccc(C)c(C)c2)=C(N(CCOC)CCOC)C1=O. The van der Waals surface area contributed by atoms with Crippen LogP contribution in [0.4, 0.5) is 0 Å². The Morgan fingerprint density at radius 1 is 0.931 bits per heavy atom. The van der Waals surface area contributed by atoms with Crippen LogP contribution in [-0.2, 0) is 19.1 Å². The third-order valence-electron chi connectivity index (χ3n) is 5.37. The third kappa shape index (κ3) is 5.46. The van der Waals surface area contributed by atoms with Crippen molar-refractivity contribution in [3.05, 3.63) is 40.6 Å². The minimum Gasteiger partial charge on any atom is -0.383 e. The number of benzene rings is 1. The monoisotopic (exact) mass is 402 g/mol. The van der Waals surface area contributed by atoms with Gasteiger partial charge in [0, 0.05) is 33.9 Å². The second kappa shape index (κ2) is 11.1. The topological polar surface area (TPSA) is 59.1 Å². The molecule has 0 aromatic heterocycles. The van der Waals surface area contributed by atoms with Gasteiger partial charge in [-0.15, -0.1) is 0 Å². The average molecular weight is 403 g/mol. The molecule has 1 aliphatic rings. The fourth-order valence-electron chi connectivity index (χ4n) is 3.48. The van der Waals surface area contributed by atoms with Gasteiger partial charge in [-0.1, -0.05) is 38.0 Å². The van der Waals surface area contributed by atoms with Gasteiger partial charge in [0.15, 0.2) is 0 Å². The van der Waals surface area contributed by atoms with E-state index < -0.39 is 0 Å². The van der Waals surface area contributed by atoms with Gasteiger partial charge in [-0.25, -0.2) is 0 Å². The number of amides is 2. The number of aryl methyl sites for hydroxylation is 2. The van der Waals surface area contributed by atoms with Crippen molar-refractivity contribution in [3.8, 4) is 0 Å². The van der Waals surface area contributed by atoms with E-state index in [-0.39, 0.29) is 11.8 Å². The van der Waals surface area contributed by atoms with Crippen LogP contribution in [0.3, 0.4) is 0 Å². The lowest BCUT2D eigenvalue weighted by molar-refractivity contribution is -0.137. The van der Waals surface area contributed by atoms with Gasteiger partial charge in [0.05, 0.1) is 18.8 Å². The minimum atomic E-state index is -0.216. The predicted octanol–water partition coefficient (Wildman–Crippen LogP) is 3.17. The molecule has 160 valence electrons. The van der Waals surface area contributed by atoms with E-state index >= 15 is 0 Å². The smallest absolute Gasteiger partial charge is 0.277 e. The van der Waals surface area contributed by atoms with E-state index in [0.29, 0.717) is 44.1 Å². The van der Waals surface area contributed by atoms with E-state index in [1.807, 2.05) is 36.9 Å². The summed E-state index contributed by atoms with van der Waals surface area (Å²) in [5.74, 6) is -0.421. The van der Waals surface area contributed by atoms with E-state index in [2.05, 4.69) is 6.92 Å². The van der Waals surface area contributed by atoms with Crippen LogP contribution in [0.15, 0.2) is 23.9 Å². The van der Waals surface area contributed by atoms with E-state index in [9.17, 15) is 9.59 Å². The summed E-state index contributed by atoms with van der Waals surface area (Å²) in [6.07, 6.45) is 2.84. The summed E-state index contributed by atoms with van der Waals surface area (Å²) in [5.41, 5.74) is 3.99. The van der Waals surface area contributed by atoms with Crippen molar-refractivity contribution in [2.45, 2.75) is 40.0 Å². The molecule has 0 bridgehead atoms. The zero-order chi connectivity index (χ0) is 21.4. The Morgan fingerprint density at radius 2 is 1.59 bits per heavy atom. The second-order valence-electron chi connectivity index (χ2n) is 7.46. The summed E-state index contributed by atoms with van der Waals surface area (Å²) in [6.45, 7) is 8.58. The molecule has 0 atom stereocenters. The lowest BCUT2D eigenvalue weighted by Gasteiger charge is -2.25. The van der Waals surface area contributed by atoms with Gasteiger partial charge in [0.1, 0.15) is 5.70 Å². The van der Waals surface area contributed by atoms with Crippen LogP contribution >= 0.6 is 0 Å². The summed E-state index contributed by atoms with van der Waals surface area (Å²) >= 11 is 0. The number of carbonyl (C=O) groups excluding carboxylic acids is 2. The van der Waals surface area contributed by atoms with E-state index in [0.717, 1.165) is 36.0 Å². The molecule has 0 saturated carbocycles. The second-order valence-corrected chi connectivity index (χ2v) is 7.46. The van der Waals surface area contributed by atoms with E-state index in [1.54, 1.807) is 14.2 Å². The molecular formula is C23H34N2O4. The molecule has 0 saturated heterocycles. The quantitative estimate of drug-likeness (QED) is 0.397. The molecule has 1 aromatic carbocycles. The fraction of sp³-hybridized carbons (Fsp3) is 0.565. The fourth-order valence-corrected chi connectivity index (χ4v) is 3.48. The number of methoxy groups -OCH3 is 2. The van der Waals surface area contributed by atoms with Crippen molar-refractivity contribution in [3.63, 3.8) is 0 Å². The van der Waals surface area contributed by atoms with Crippen molar-refractivity contribution >= 4 is 17.4 Å². The molecule has 2 amide bonds. The molecule has 0 spiro atoms. The Balaban J connectivity index is 2.50.